The quantitative estimate of drug-likeness (QED) is 0.213. The molecule has 39 heavy (non-hydrogen) atoms. The Bertz CT molecular complexity index is 1450. The number of aromatic nitrogens is 2. The first-order valence-electron chi connectivity index (χ1n) is 12.8. The van der Waals surface area contributed by atoms with Crippen LogP contribution < -0.4 is 0 Å². The number of carbonyl (C=O) groups is 2. The predicted molar refractivity (Wildman–Crippen MR) is 148 cm³/mol. The minimum Gasteiger partial charge on any atom is -0.478 e. The summed E-state index contributed by atoms with van der Waals surface area (Å²) in [6, 6.07) is 13.6. The van der Waals surface area contributed by atoms with Crippen LogP contribution in [0.1, 0.15) is 66.5 Å². The Hall–Kier alpha value is -4.14. The van der Waals surface area contributed by atoms with Gasteiger partial charge < -0.3 is 30.0 Å². The third-order valence-electron chi connectivity index (χ3n) is 8.18. The minimum absolute atomic E-state index is 0.232. The van der Waals surface area contributed by atoms with Crippen LogP contribution in [0.2, 0.25) is 0 Å². The number of aromatic carboxylic acids is 2. The lowest BCUT2D eigenvalue weighted by Gasteiger charge is -2.48. The molecule has 1 aliphatic carbocycles. The number of carboxylic acid groups (broad SMARTS) is 2. The molecule has 1 saturated carbocycles. The number of carboxylic acids is 2. The van der Waals surface area contributed by atoms with Crippen molar-refractivity contribution in [3.05, 3.63) is 93.6 Å². The first kappa shape index (κ1) is 26.5. The van der Waals surface area contributed by atoms with Gasteiger partial charge in [0.05, 0.1) is 35.2 Å². The van der Waals surface area contributed by atoms with Gasteiger partial charge in [0.15, 0.2) is 0 Å². The van der Waals surface area contributed by atoms with Gasteiger partial charge in [-0.05, 0) is 74.2 Å². The number of benzene rings is 2. The van der Waals surface area contributed by atoms with Crippen LogP contribution in [0.15, 0.2) is 48.5 Å². The monoisotopic (exact) mass is 528 g/mol. The number of hydrogen-bond acceptors (Lipinski definition) is 4. The summed E-state index contributed by atoms with van der Waals surface area (Å²) in [6.07, 6.45) is -0.981. The van der Waals surface area contributed by atoms with Crippen molar-refractivity contribution in [3.63, 3.8) is 0 Å². The molecule has 2 aromatic carbocycles. The zero-order chi connectivity index (χ0) is 28.2. The molecular formula is C31H32N2O6. The van der Waals surface area contributed by atoms with Crippen LogP contribution in [0.3, 0.4) is 0 Å². The lowest BCUT2D eigenvalue weighted by atomic mass is 9.64. The molecular weight excluding hydrogens is 496 g/mol. The Morgan fingerprint density at radius 3 is 1.36 bits per heavy atom. The van der Waals surface area contributed by atoms with Crippen LogP contribution >= 0.6 is 0 Å². The van der Waals surface area contributed by atoms with Gasteiger partial charge in [0, 0.05) is 41.0 Å². The fraction of sp³-hybridized carbons (Fsp3) is 0.290. The van der Waals surface area contributed by atoms with Crippen molar-refractivity contribution < 1.29 is 29.6 Å². The van der Waals surface area contributed by atoms with E-state index in [-0.39, 0.29) is 29.1 Å². The van der Waals surface area contributed by atoms with E-state index in [2.05, 4.69) is 9.97 Å². The number of rotatable bonds is 7. The van der Waals surface area contributed by atoms with E-state index >= 15 is 0 Å². The van der Waals surface area contributed by atoms with Crippen LogP contribution in [-0.4, -0.2) is 56.5 Å². The van der Waals surface area contributed by atoms with E-state index in [0.717, 1.165) is 56.2 Å². The molecule has 202 valence electrons. The molecule has 0 bridgehead atoms. The van der Waals surface area contributed by atoms with E-state index < -0.39 is 18.0 Å². The van der Waals surface area contributed by atoms with Crippen molar-refractivity contribution in [1.29, 1.82) is 0 Å². The molecule has 8 heteroatoms. The maximum Gasteiger partial charge on any atom is 0.335 e. The molecule has 1 aliphatic rings. The Morgan fingerprint density at radius 2 is 1.05 bits per heavy atom. The number of methoxy groups -OCH3 is 1. The fourth-order valence-electron chi connectivity index (χ4n) is 6.29. The van der Waals surface area contributed by atoms with Crippen molar-refractivity contribution in [2.24, 2.45) is 0 Å². The van der Waals surface area contributed by atoms with E-state index in [4.69, 9.17) is 4.74 Å². The summed E-state index contributed by atoms with van der Waals surface area (Å²) in [5.74, 6) is -2.47. The third kappa shape index (κ3) is 4.26. The van der Waals surface area contributed by atoms with Crippen LogP contribution in [0.25, 0.3) is 22.3 Å². The number of nitrogens with one attached hydrogen (secondary N) is 2. The molecule has 0 spiro atoms. The maximum atomic E-state index is 11.5. The second-order valence-corrected chi connectivity index (χ2v) is 10.3. The largest absolute Gasteiger partial charge is 0.478 e. The van der Waals surface area contributed by atoms with Crippen molar-refractivity contribution in [1.82, 2.24) is 9.97 Å². The van der Waals surface area contributed by atoms with Gasteiger partial charge in [0.1, 0.15) is 0 Å². The van der Waals surface area contributed by atoms with Crippen LogP contribution in [0.5, 0.6) is 0 Å². The summed E-state index contributed by atoms with van der Waals surface area (Å²) in [7, 11) is 1.66. The highest BCUT2D eigenvalue weighted by Gasteiger charge is 2.54. The Morgan fingerprint density at radius 1 is 0.692 bits per heavy atom. The van der Waals surface area contributed by atoms with Crippen molar-refractivity contribution in [3.8, 4) is 22.3 Å². The highest BCUT2D eigenvalue weighted by atomic mass is 16.5. The topological polar surface area (TPSA) is 136 Å². The second kappa shape index (κ2) is 9.87. The molecule has 0 amide bonds. The van der Waals surface area contributed by atoms with Gasteiger partial charge in [0.25, 0.3) is 0 Å². The zero-order valence-corrected chi connectivity index (χ0v) is 22.5. The number of aliphatic hydroxyl groups is 1. The van der Waals surface area contributed by atoms with Crippen molar-refractivity contribution in [2.45, 2.75) is 51.7 Å². The average molecular weight is 529 g/mol. The van der Waals surface area contributed by atoms with E-state index in [9.17, 15) is 24.9 Å². The Kier molecular flexibility index (Phi) is 6.70. The van der Waals surface area contributed by atoms with Crippen LogP contribution in [0, 0.1) is 27.7 Å². The predicted octanol–water partition coefficient (Wildman–Crippen LogP) is 5.56. The number of hydrogen-bond donors (Lipinski definition) is 5. The third-order valence-corrected chi connectivity index (χ3v) is 8.18. The van der Waals surface area contributed by atoms with Gasteiger partial charge in [-0.3, -0.25) is 0 Å². The number of aryl methyl sites for hydroxylation is 2. The molecule has 4 aromatic rings. The normalized spacial score (nSPS) is 20.6. The second-order valence-electron chi connectivity index (χ2n) is 10.3. The first-order valence-corrected chi connectivity index (χ1v) is 12.8. The lowest BCUT2D eigenvalue weighted by molar-refractivity contribution is -0.101. The molecule has 0 aliphatic heterocycles. The standard InChI is InChI=1S/C31H32N2O6/c1-14-22(18-6-10-20(11-7-18)30(35)36)16(3)32-26(14)24-28(34)25(29(24)39-5)27-15(2)23(17(4)33-27)19-8-12-21(13-9-19)31(37)38/h6-13,24-25,28-29,32-34H,1-5H3,(H,35,36)(H,37,38). The van der Waals surface area contributed by atoms with Gasteiger partial charge in [-0.25, -0.2) is 9.59 Å². The summed E-state index contributed by atoms with van der Waals surface area (Å²) in [4.78, 5) is 29.5. The maximum absolute atomic E-state index is 11.5. The van der Waals surface area contributed by atoms with E-state index in [1.54, 1.807) is 55.6 Å². The Labute approximate surface area is 226 Å². The summed E-state index contributed by atoms with van der Waals surface area (Å²) in [5, 5.41) is 30.0. The number of ether oxygens (including phenoxy) is 1. The lowest BCUT2D eigenvalue weighted by Crippen LogP contribution is -2.53. The van der Waals surface area contributed by atoms with Crippen molar-refractivity contribution >= 4 is 11.9 Å². The Balaban J connectivity index is 1.47. The van der Waals surface area contributed by atoms with Crippen molar-refractivity contribution in [2.75, 3.05) is 7.11 Å². The smallest absolute Gasteiger partial charge is 0.335 e. The summed E-state index contributed by atoms with van der Waals surface area (Å²) < 4.78 is 5.96. The molecule has 0 radical (unpaired) electrons. The molecule has 2 atom stereocenters. The number of H-pyrrole nitrogens is 2. The van der Waals surface area contributed by atoms with Gasteiger partial charge in [-0.15, -0.1) is 0 Å². The SMILES string of the molecule is COC1C(c2[nH]c(C)c(-c3ccc(C(=O)O)cc3)c2C)C(O)C1c1[nH]c(C)c(-c2ccc(C(=O)O)cc2)c1C. The average Bonchev–Trinajstić information content (AvgIpc) is 3.35. The zero-order valence-electron chi connectivity index (χ0n) is 22.5. The van der Waals surface area contributed by atoms with E-state index in [1.165, 1.54) is 0 Å². The van der Waals surface area contributed by atoms with E-state index in [0.29, 0.717) is 0 Å². The molecule has 2 aromatic heterocycles. The molecule has 0 saturated heterocycles. The van der Waals surface area contributed by atoms with Gasteiger partial charge in [-0.2, -0.15) is 0 Å². The molecule has 8 nitrogen and oxygen atoms in total. The van der Waals surface area contributed by atoms with Gasteiger partial charge in [0.2, 0.25) is 0 Å². The van der Waals surface area contributed by atoms with E-state index in [1.807, 2.05) is 27.7 Å². The summed E-state index contributed by atoms with van der Waals surface area (Å²) in [6.45, 7) is 7.97. The van der Waals surface area contributed by atoms with Crippen LogP contribution in [0.4, 0.5) is 0 Å². The number of aromatic amines is 2. The highest BCUT2D eigenvalue weighted by molar-refractivity contribution is 5.89. The summed E-state index contributed by atoms with van der Waals surface area (Å²) >= 11 is 0. The highest BCUT2D eigenvalue weighted by Crippen LogP contribution is 2.52. The minimum atomic E-state index is -0.966. The summed E-state index contributed by atoms with van der Waals surface area (Å²) in [5.41, 5.74) is 9.96. The number of aliphatic hydroxyl groups excluding tert-OH is 1. The molecule has 1 fully saturated rings. The molecule has 5 rings (SSSR count). The fourth-order valence-corrected chi connectivity index (χ4v) is 6.29. The van der Waals surface area contributed by atoms with Gasteiger partial charge in [-0.1, -0.05) is 24.3 Å². The molecule has 2 unspecified atom stereocenters. The first-order chi connectivity index (χ1) is 18.5. The molecule has 2 heterocycles. The van der Waals surface area contributed by atoms with Gasteiger partial charge >= 0.3 is 11.9 Å². The van der Waals surface area contributed by atoms with Crippen LogP contribution in [-0.2, 0) is 4.74 Å². The molecule has 5 N–H and O–H groups in total.